The second-order valence-electron chi connectivity index (χ2n) is 8.37. The van der Waals surface area contributed by atoms with Gasteiger partial charge in [0.05, 0.1) is 12.1 Å². The van der Waals surface area contributed by atoms with E-state index in [2.05, 4.69) is 5.32 Å². The second kappa shape index (κ2) is 9.66. The lowest BCUT2D eigenvalue weighted by Crippen LogP contribution is -2.34. The molecule has 2 heterocycles. The number of carbonyl (C=O) groups is 2. The predicted molar refractivity (Wildman–Crippen MR) is 117 cm³/mol. The van der Waals surface area contributed by atoms with Gasteiger partial charge < -0.3 is 19.9 Å². The Morgan fingerprint density at radius 1 is 1.26 bits per heavy atom. The van der Waals surface area contributed by atoms with Crippen LogP contribution in [-0.4, -0.2) is 47.5 Å². The van der Waals surface area contributed by atoms with Gasteiger partial charge in [0.25, 0.3) is 5.91 Å². The van der Waals surface area contributed by atoms with Crippen molar-refractivity contribution < 1.29 is 24.2 Å². The molecule has 0 unspecified atom stereocenters. The maximum atomic E-state index is 12.8. The zero-order valence-electron chi connectivity index (χ0n) is 17.9. The van der Waals surface area contributed by atoms with Gasteiger partial charge in [0.2, 0.25) is 12.2 Å². The number of nitrogens with zero attached hydrogens (tertiary/aromatic N) is 1. The minimum atomic E-state index is -0.560. The molecule has 166 valence electrons. The molecule has 0 radical (unpaired) electrons. The molecule has 4 rings (SSSR count). The van der Waals surface area contributed by atoms with Crippen LogP contribution in [0.15, 0.2) is 42.3 Å². The first kappa shape index (κ1) is 21.6. The monoisotopic (exact) mass is 426 g/mol. The van der Waals surface area contributed by atoms with Gasteiger partial charge in [0.15, 0.2) is 5.76 Å². The molecule has 0 spiro atoms. The summed E-state index contributed by atoms with van der Waals surface area (Å²) in [6.45, 7) is 2.77. The number of amides is 1. The molecule has 31 heavy (non-hydrogen) atoms. The number of nitrogens with one attached hydrogen (secondary N) is 1. The average molecular weight is 427 g/mol. The highest BCUT2D eigenvalue weighted by atomic mass is 16.7. The van der Waals surface area contributed by atoms with Crippen LogP contribution in [0.4, 0.5) is 0 Å². The normalized spacial score (nSPS) is 20.9. The molecule has 1 fully saturated rings. The summed E-state index contributed by atoms with van der Waals surface area (Å²) in [4.78, 5) is 24.9. The third kappa shape index (κ3) is 5.17. The summed E-state index contributed by atoms with van der Waals surface area (Å²) < 4.78 is 13.4. The van der Waals surface area contributed by atoms with E-state index in [0.717, 1.165) is 35.7 Å². The quantitative estimate of drug-likeness (QED) is 0.601. The third-order valence-electron chi connectivity index (χ3n) is 5.87. The SMILES string of the molecule is CC(=O)n1cc([C@H]2C=C(C(=O)NCC3CC3)O[C@@H](OCCCCO)C2)c2ccccc21. The van der Waals surface area contributed by atoms with Crippen molar-refractivity contribution in [1.29, 1.82) is 0 Å². The number of ether oxygens (including phenoxy) is 2. The Bertz CT molecular complexity index is 976. The Labute approximate surface area is 182 Å². The van der Waals surface area contributed by atoms with E-state index < -0.39 is 6.29 Å². The van der Waals surface area contributed by atoms with E-state index in [1.807, 2.05) is 36.5 Å². The summed E-state index contributed by atoms with van der Waals surface area (Å²) in [5.41, 5.74) is 1.83. The standard InChI is InChI=1S/C24H30N2O5/c1-16(28)26-15-20(19-6-2-3-7-21(19)26)18-12-22(24(29)25-14-17-8-9-17)31-23(13-18)30-11-5-4-10-27/h2-3,6-7,12,15,17-18,23,27H,4-5,8-11,13-14H2,1H3,(H,25,29)/t18-,23+/m0/s1. The molecule has 1 aliphatic carbocycles. The number of unbranched alkanes of at least 4 members (excludes halogenated alkanes) is 1. The van der Waals surface area contributed by atoms with Gasteiger partial charge in [-0.15, -0.1) is 0 Å². The van der Waals surface area contributed by atoms with Gasteiger partial charge in [-0.2, -0.15) is 0 Å². The van der Waals surface area contributed by atoms with Crippen molar-refractivity contribution in [2.75, 3.05) is 19.8 Å². The van der Waals surface area contributed by atoms with E-state index in [0.29, 0.717) is 31.9 Å². The van der Waals surface area contributed by atoms with Crippen LogP contribution in [0.25, 0.3) is 10.9 Å². The molecule has 7 heteroatoms. The van der Waals surface area contributed by atoms with Crippen LogP contribution >= 0.6 is 0 Å². The Balaban J connectivity index is 1.60. The summed E-state index contributed by atoms with van der Waals surface area (Å²) in [6.07, 6.45) is 7.39. The van der Waals surface area contributed by atoms with Crippen molar-refractivity contribution in [2.45, 2.75) is 51.2 Å². The highest BCUT2D eigenvalue weighted by molar-refractivity contribution is 5.95. The molecule has 2 atom stereocenters. The zero-order valence-corrected chi connectivity index (χ0v) is 17.9. The zero-order chi connectivity index (χ0) is 21.8. The molecule has 2 aromatic rings. The van der Waals surface area contributed by atoms with E-state index in [1.54, 1.807) is 11.5 Å². The van der Waals surface area contributed by atoms with Crippen LogP contribution in [-0.2, 0) is 14.3 Å². The van der Waals surface area contributed by atoms with Crippen LogP contribution in [0, 0.1) is 5.92 Å². The Morgan fingerprint density at radius 3 is 2.81 bits per heavy atom. The molecule has 2 aliphatic rings. The van der Waals surface area contributed by atoms with Gasteiger partial charge >= 0.3 is 0 Å². The summed E-state index contributed by atoms with van der Waals surface area (Å²) in [5.74, 6) is 0.434. The topological polar surface area (TPSA) is 89.8 Å². The largest absolute Gasteiger partial charge is 0.459 e. The molecule has 7 nitrogen and oxygen atoms in total. The molecular weight excluding hydrogens is 396 g/mol. The number of aliphatic hydroxyl groups is 1. The molecular formula is C24H30N2O5. The number of benzene rings is 1. The molecule has 1 aromatic carbocycles. The van der Waals surface area contributed by atoms with Crippen LogP contribution in [0.1, 0.15) is 55.3 Å². The summed E-state index contributed by atoms with van der Waals surface area (Å²) >= 11 is 0. The fourth-order valence-corrected chi connectivity index (χ4v) is 3.97. The fourth-order valence-electron chi connectivity index (χ4n) is 3.97. The highest BCUT2D eigenvalue weighted by Crippen LogP contribution is 2.36. The van der Waals surface area contributed by atoms with Gasteiger partial charge in [0.1, 0.15) is 0 Å². The van der Waals surface area contributed by atoms with Crippen molar-refractivity contribution >= 4 is 22.7 Å². The van der Waals surface area contributed by atoms with Crippen molar-refractivity contribution in [3.63, 3.8) is 0 Å². The Kier molecular flexibility index (Phi) is 6.73. The van der Waals surface area contributed by atoms with Crippen molar-refractivity contribution in [3.8, 4) is 0 Å². The van der Waals surface area contributed by atoms with Crippen molar-refractivity contribution in [2.24, 2.45) is 5.92 Å². The van der Waals surface area contributed by atoms with Crippen molar-refractivity contribution in [1.82, 2.24) is 9.88 Å². The lowest BCUT2D eigenvalue weighted by atomic mass is 9.92. The number of fused-ring (bicyclic) bond motifs is 1. The lowest BCUT2D eigenvalue weighted by molar-refractivity contribution is -0.146. The van der Waals surface area contributed by atoms with Crippen LogP contribution in [0.2, 0.25) is 0 Å². The maximum Gasteiger partial charge on any atom is 0.286 e. The number of para-hydroxylation sites is 1. The summed E-state index contributed by atoms with van der Waals surface area (Å²) in [7, 11) is 0. The number of aliphatic hydroxyl groups excluding tert-OH is 1. The molecule has 0 bridgehead atoms. The number of hydrogen-bond acceptors (Lipinski definition) is 5. The minimum absolute atomic E-state index is 0.0577. The maximum absolute atomic E-state index is 12.8. The van der Waals surface area contributed by atoms with E-state index in [-0.39, 0.29) is 30.1 Å². The first-order chi connectivity index (χ1) is 15.1. The second-order valence-corrected chi connectivity index (χ2v) is 8.37. The fraction of sp³-hybridized carbons (Fsp3) is 0.500. The minimum Gasteiger partial charge on any atom is -0.459 e. The Hall–Kier alpha value is -2.64. The first-order valence-electron chi connectivity index (χ1n) is 11.1. The molecule has 1 aromatic heterocycles. The average Bonchev–Trinajstić information content (AvgIpc) is 3.52. The molecule has 1 saturated carbocycles. The van der Waals surface area contributed by atoms with Crippen LogP contribution in [0.3, 0.4) is 0 Å². The van der Waals surface area contributed by atoms with Gasteiger partial charge in [-0.1, -0.05) is 18.2 Å². The third-order valence-corrected chi connectivity index (χ3v) is 5.87. The van der Waals surface area contributed by atoms with Crippen LogP contribution < -0.4 is 5.32 Å². The van der Waals surface area contributed by atoms with Gasteiger partial charge in [-0.05, 0) is 49.3 Å². The predicted octanol–water partition coefficient (Wildman–Crippen LogP) is 3.33. The van der Waals surface area contributed by atoms with Gasteiger partial charge in [-0.3, -0.25) is 14.2 Å². The van der Waals surface area contributed by atoms with Crippen LogP contribution in [0.5, 0.6) is 0 Å². The first-order valence-corrected chi connectivity index (χ1v) is 11.1. The van der Waals surface area contributed by atoms with E-state index in [9.17, 15) is 9.59 Å². The molecule has 1 amide bonds. The number of aromatic nitrogens is 1. The van der Waals surface area contributed by atoms with E-state index in [4.69, 9.17) is 14.6 Å². The lowest BCUT2D eigenvalue weighted by Gasteiger charge is -2.29. The van der Waals surface area contributed by atoms with Gasteiger partial charge in [-0.25, -0.2) is 0 Å². The number of rotatable bonds is 9. The molecule has 1 aliphatic heterocycles. The Morgan fingerprint density at radius 2 is 2.06 bits per heavy atom. The molecule has 0 saturated heterocycles. The number of carbonyl (C=O) groups excluding carboxylic acids is 2. The highest BCUT2D eigenvalue weighted by Gasteiger charge is 2.31. The number of hydrogen-bond donors (Lipinski definition) is 2. The summed E-state index contributed by atoms with van der Waals surface area (Å²) in [6, 6.07) is 7.79. The number of allylic oxidation sites excluding steroid dienone is 1. The van der Waals surface area contributed by atoms with E-state index in [1.165, 1.54) is 0 Å². The van der Waals surface area contributed by atoms with E-state index >= 15 is 0 Å². The molecule has 2 N–H and O–H groups in total. The summed E-state index contributed by atoms with van der Waals surface area (Å²) in [5, 5.41) is 12.9. The van der Waals surface area contributed by atoms with Crippen molar-refractivity contribution in [3.05, 3.63) is 47.9 Å². The van der Waals surface area contributed by atoms with Gasteiger partial charge in [0, 0.05) is 44.0 Å². The smallest absolute Gasteiger partial charge is 0.286 e.